The molecular formula is C22H22OS. The Balaban J connectivity index is 1.53. The fourth-order valence-corrected chi connectivity index (χ4v) is 6.53. The van der Waals surface area contributed by atoms with Gasteiger partial charge in [-0.15, -0.1) is 11.3 Å². The maximum absolute atomic E-state index is 10.6. The molecule has 6 rings (SSSR count). The Bertz CT molecular complexity index is 786. The highest BCUT2D eigenvalue weighted by molar-refractivity contribution is 7.10. The van der Waals surface area contributed by atoms with E-state index in [9.17, 15) is 5.11 Å². The quantitative estimate of drug-likeness (QED) is 0.700. The molecule has 0 radical (unpaired) electrons. The van der Waals surface area contributed by atoms with Crippen LogP contribution in [0.1, 0.15) is 54.5 Å². The third-order valence-corrected chi connectivity index (χ3v) is 7.24. The maximum Gasteiger partial charge on any atom is 0.119 e. The van der Waals surface area contributed by atoms with Crippen LogP contribution in [0.2, 0.25) is 0 Å². The smallest absolute Gasteiger partial charge is 0.119 e. The minimum absolute atomic E-state index is 0.222. The van der Waals surface area contributed by atoms with E-state index in [-0.39, 0.29) is 5.41 Å². The topological polar surface area (TPSA) is 20.2 Å². The summed E-state index contributed by atoms with van der Waals surface area (Å²) in [4.78, 5) is 1.10. The fourth-order valence-electron chi connectivity index (χ4n) is 5.96. The highest BCUT2D eigenvalue weighted by atomic mass is 32.1. The van der Waals surface area contributed by atoms with Crippen molar-refractivity contribution >= 4 is 11.3 Å². The van der Waals surface area contributed by atoms with Gasteiger partial charge in [0.1, 0.15) is 5.75 Å². The Morgan fingerprint density at radius 1 is 0.958 bits per heavy atom. The van der Waals surface area contributed by atoms with E-state index in [0.717, 1.165) is 28.2 Å². The first kappa shape index (κ1) is 14.6. The van der Waals surface area contributed by atoms with Crippen molar-refractivity contribution in [3.05, 3.63) is 51.7 Å². The molecule has 4 saturated carbocycles. The number of hydrogen-bond donors (Lipinski definition) is 1. The zero-order valence-corrected chi connectivity index (χ0v) is 14.6. The first-order chi connectivity index (χ1) is 11.7. The van der Waals surface area contributed by atoms with Crippen LogP contribution in [0.25, 0.3) is 0 Å². The highest BCUT2D eigenvalue weighted by Crippen LogP contribution is 2.61. The van der Waals surface area contributed by atoms with Crippen molar-refractivity contribution in [2.45, 2.75) is 43.9 Å². The molecule has 0 saturated heterocycles. The van der Waals surface area contributed by atoms with Gasteiger partial charge in [-0.25, -0.2) is 0 Å². The van der Waals surface area contributed by atoms with E-state index in [1.807, 2.05) is 18.2 Å². The van der Waals surface area contributed by atoms with Crippen LogP contribution < -0.4 is 0 Å². The number of hydrogen-bond acceptors (Lipinski definition) is 2. The number of phenols is 1. The molecule has 0 amide bonds. The van der Waals surface area contributed by atoms with E-state index in [4.69, 9.17) is 0 Å². The molecule has 0 spiro atoms. The van der Waals surface area contributed by atoms with Crippen molar-refractivity contribution < 1.29 is 5.11 Å². The third kappa shape index (κ3) is 2.38. The Labute approximate surface area is 147 Å². The van der Waals surface area contributed by atoms with Crippen molar-refractivity contribution in [1.82, 2.24) is 0 Å². The highest BCUT2D eigenvalue weighted by Gasteiger charge is 2.52. The second kappa shape index (κ2) is 5.39. The molecule has 4 bridgehead atoms. The maximum atomic E-state index is 10.6. The fraction of sp³-hybridized carbons (Fsp3) is 0.455. The number of phenolic OH excluding ortho intramolecular Hbond substituents is 1. The van der Waals surface area contributed by atoms with E-state index in [0.29, 0.717) is 5.75 Å². The van der Waals surface area contributed by atoms with Crippen LogP contribution in [0.15, 0.2) is 35.7 Å². The van der Waals surface area contributed by atoms with Gasteiger partial charge in [-0.2, -0.15) is 0 Å². The van der Waals surface area contributed by atoms with Crippen molar-refractivity contribution in [2.75, 3.05) is 0 Å². The summed E-state index contributed by atoms with van der Waals surface area (Å²) >= 11 is 1.67. The standard InChI is InChI=1S/C22H22OS/c23-21-6-4-15(3-5-19-2-1-7-24-19)11-20(21)22-12-16-8-17(13-22)10-18(9-16)14-22/h1-2,4,6-7,11,16-18,23H,8-10,12-14H2. The zero-order chi connectivity index (χ0) is 16.1. The number of benzene rings is 1. The van der Waals surface area contributed by atoms with Gasteiger partial charge in [0.05, 0.1) is 4.88 Å². The molecule has 1 aromatic heterocycles. The molecule has 4 fully saturated rings. The van der Waals surface area contributed by atoms with Crippen LogP contribution >= 0.6 is 11.3 Å². The molecule has 2 heteroatoms. The Morgan fingerprint density at radius 3 is 2.29 bits per heavy atom. The summed E-state index contributed by atoms with van der Waals surface area (Å²) in [5.41, 5.74) is 2.44. The van der Waals surface area contributed by atoms with Gasteiger partial charge in [-0.05, 0) is 91.3 Å². The van der Waals surface area contributed by atoms with Gasteiger partial charge in [-0.3, -0.25) is 0 Å². The predicted molar refractivity (Wildman–Crippen MR) is 98.3 cm³/mol. The molecule has 2 aromatic rings. The van der Waals surface area contributed by atoms with Gasteiger partial charge in [0.15, 0.2) is 0 Å². The molecule has 1 nitrogen and oxygen atoms in total. The van der Waals surface area contributed by atoms with Crippen LogP contribution in [0.5, 0.6) is 5.75 Å². The van der Waals surface area contributed by atoms with Gasteiger partial charge in [-0.1, -0.05) is 17.9 Å². The summed E-state index contributed by atoms with van der Waals surface area (Å²) in [6.07, 6.45) is 8.10. The van der Waals surface area contributed by atoms with Crippen LogP contribution in [-0.2, 0) is 5.41 Å². The summed E-state index contributed by atoms with van der Waals surface area (Å²) in [6, 6.07) is 10.1. The van der Waals surface area contributed by atoms with Crippen LogP contribution in [-0.4, -0.2) is 5.11 Å². The summed E-state index contributed by atoms with van der Waals surface area (Å²) in [5.74, 6) is 9.69. The molecule has 122 valence electrons. The lowest BCUT2D eigenvalue weighted by atomic mass is 9.48. The summed E-state index contributed by atoms with van der Waals surface area (Å²) in [6.45, 7) is 0. The average molecular weight is 334 g/mol. The molecule has 0 unspecified atom stereocenters. The second-order valence-electron chi connectivity index (χ2n) is 8.16. The molecule has 4 aliphatic carbocycles. The van der Waals surface area contributed by atoms with Crippen molar-refractivity contribution in [1.29, 1.82) is 0 Å². The Kier molecular flexibility index (Phi) is 3.28. The monoisotopic (exact) mass is 334 g/mol. The van der Waals surface area contributed by atoms with Gasteiger partial charge >= 0.3 is 0 Å². The van der Waals surface area contributed by atoms with Crippen molar-refractivity contribution in [3.8, 4) is 17.6 Å². The lowest BCUT2D eigenvalue weighted by Crippen LogP contribution is -2.48. The van der Waals surface area contributed by atoms with Gasteiger partial charge < -0.3 is 5.11 Å². The lowest BCUT2D eigenvalue weighted by Gasteiger charge is -2.57. The summed E-state index contributed by atoms with van der Waals surface area (Å²) in [5, 5.41) is 12.7. The van der Waals surface area contributed by atoms with Gasteiger partial charge in [0.25, 0.3) is 0 Å². The molecular weight excluding hydrogens is 312 g/mol. The molecule has 1 aromatic carbocycles. The number of aromatic hydroxyl groups is 1. The normalized spacial score (nSPS) is 33.2. The minimum atomic E-state index is 0.222. The molecule has 0 aliphatic heterocycles. The van der Waals surface area contributed by atoms with Crippen LogP contribution in [0.3, 0.4) is 0 Å². The average Bonchev–Trinajstić information content (AvgIpc) is 3.06. The number of rotatable bonds is 1. The first-order valence-electron chi connectivity index (χ1n) is 9.09. The first-order valence-corrected chi connectivity index (χ1v) is 9.97. The molecule has 1 heterocycles. The van der Waals surface area contributed by atoms with E-state index >= 15 is 0 Å². The minimum Gasteiger partial charge on any atom is -0.508 e. The number of thiophene rings is 1. The van der Waals surface area contributed by atoms with Crippen LogP contribution in [0, 0.1) is 29.6 Å². The van der Waals surface area contributed by atoms with E-state index < -0.39 is 0 Å². The van der Waals surface area contributed by atoms with Crippen molar-refractivity contribution in [2.24, 2.45) is 17.8 Å². The largest absolute Gasteiger partial charge is 0.508 e. The molecule has 0 atom stereocenters. The third-order valence-electron chi connectivity index (χ3n) is 6.46. The predicted octanol–water partition coefficient (Wildman–Crippen LogP) is 5.32. The zero-order valence-electron chi connectivity index (χ0n) is 13.8. The van der Waals surface area contributed by atoms with E-state index in [1.54, 1.807) is 11.3 Å². The van der Waals surface area contributed by atoms with Crippen LogP contribution in [0.4, 0.5) is 0 Å². The summed E-state index contributed by atoms with van der Waals surface area (Å²) < 4.78 is 0. The van der Waals surface area contributed by atoms with E-state index in [1.165, 1.54) is 44.1 Å². The molecule has 1 N–H and O–H groups in total. The Morgan fingerprint density at radius 2 is 1.67 bits per heavy atom. The van der Waals surface area contributed by atoms with Crippen molar-refractivity contribution in [3.63, 3.8) is 0 Å². The SMILES string of the molecule is Oc1ccc(C#Cc2cccs2)cc1C12CC3CC(CC(C3)C1)C2. The summed E-state index contributed by atoms with van der Waals surface area (Å²) in [7, 11) is 0. The molecule has 24 heavy (non-hydrogen) atoms. The van der Waals surface area contributed by atoms with E-state index in [2.05, 4.69) is 29.4 Å². The molecule has 4 aliphatic rings. The Hall–Kier alpha value is -1.72. The van der Waals surface area contributed by atoms with Gasteiger partial charge in [0, 0.05) is 11.1 Å². The second-order valence-corrected chi connectivity index (χ2v) is 9.10. The van der Waals surface area contributed by atoms with Gasteiger partial charge in [0.2, 0.25) is 0 Å². The lowest BCUT2D eigenvalue weighted by molar-refractivity contribution is -0.00614.